The lowest BCUT2D eigenvalue weighted by Crippen LogP contribution is -2.13. The zero-order chi connectivity index (χ0) is 23.8. The van der Waals surface area contributed by atoms with Crippen molar-refractivity contribution in [2.75, 3.05) is 17.2 Å². The molecule has 0 saturated heterocycles. The van der Waals surface area contributed by atoms with E-state index in [2.05, 4.69) is 15.6 Å². The molecule has 1 heterocycles. The molecule has 7 heteroatoms. The molecule has 4 aromatic rings. The smallest absolute Gasteiger partial charge is 0.255 e. The van der Waals surface area contributed by atoms with Crippen LogP contribution in [-0.4, -0.2) is 23.4 Å². The summed E-state index contributed by atoms with van der Waals surface area (Å²) >= 11 is 0. The van der Waals surface area contributed by atoms with Crippen molar-refractivity contribution in [1.29, 1.82) is 0 Å². The van der Waals surface area contributed by atoms with Crippen molar-refractivity contribution < 1.29 is 19.1 Å². The molecule has 170 valence electrons. The number of nitrogens with zero attached hydrogens (tertiary/aromatic N) is 1. The molecular weight excluding hydrogens is 430 g/mol. The number of amides is 2. The first-order chi connectivity index (χ1) is 16.6. The van der Waals surface area contributed by atoms with Crippen molar-refractivity contribution in [1.82, 2.24) is 4.98 Å². The van der Waals surface area contributed by atoms with Crippen LogP contribution in [0.2, 0.25) is 0 Å². The van der Waals surface area contributed by atoms with Crippen molar-refractivity contribution in [3.63, 3.8) is 0 Å². The van der Waals surface area contributed by atoms with Gasteiger partial charge >= 0.3 is 0 Å². The molecule has 0 radical (unpaired) electrons. The highest BCUT2D eigenvalue weighted by Crippen LogP contribution is 2.21. The number of anilines is 2. The molecule has 34 heavy (non-hydrogen) atoms. The van der Waals surface area contributed by atoms with Gasteiger partial charge in [-0.1, -0.05) is 0 Å². The van der Waals surface area contributed by atoms with Gasteiger partial charge in [0.25, 0.3) is 11.8 Å². The minimum atomic E-state index is -0.264. The third kappa shape index (κ3) is 5.98. The normalized spacial score (nSPS) is 10.3. The van der Waals surface area contributed by atoms with E-state index in [1.807, 2.05) is 6.92 Å². The number of nitrogens with one attached hydrogen (secondary N) is 2. The van der Waals surface area contributed by atoms with E-state index >= 15 is 0 Å². The summed E-state index contributed by atoms with van der Waals surface area (Å²) in [6.45, 7) is 2.50. The quantitative estimate of drug-likeness (QED) is 0.353. The molecule has 0 spiro atoms. The van der Waals surface area contributed by atoms with Crippen LogP contribution < -0.4 is 20.1 Å². The van der Waals surface area contributed by atoms with E-state index < -0.39 is 0 Å². The molecule has 3 aromatic carbocycles. The molecule has 0 aliphatic rings. The first kappa shape index (κ1) is 22.5. The molecule has 0 fully saturated rings. The average Bonchev–Trinajstić information content (AvgIpc) is 2.87. The minimum Gasteiger partial charge on any atom is -0.494 e. The van der Waals surface area contributed by atoms with Crippen LogP contribution in [0.4, 0.5) is 11.4 Å². The first-order valence-corrected chi connectivity index (χ1v) is 10.7. The van der Waals surface area contributed by atoms with Gasteiger partial charge in [-0.25, -0.2) is 0 Å². The SMILES string of the molecule is CCOc1ccc(NC(=O)c2ccc(NC(=O)c3ccc(Oc4cccnc4)cc3)cc2)cc1. The van der Waals surface area contributed by atoms with Crippen molar-refractivity contribution in [3.8, 4) is 17.2 Å². The Morgan fingerprint density at radius 2 is 1.24 bits per heavy atom. The maximum atomic E-state index is 12.6. The average molecular weight is 453 g/mol. The highest BCUT2D eigenvalue weighted by Gasteiger charge is 2.09. The van der Waals surface area contributed by atoms with E-state index in [0.717, 1.165) is 5.75 Å². The second kappa shape index (κ2) is 10.8. The highest BCUT2D eigenvalue weighted by molar-refractivity contribution is 6.06. The number of carbonyl (C=O) groups excluding carboxylic acids is 2. The van der Waals surface area contributed by atoms with Gasteiger partial charge in [-0.15, -0.1) is 0 Å². The molecular formula is C27H23N3O4. The van der Waals surface area contributed by atoms with Crippen molar-refractivity contribution in [2.24, 2.45) is 0 Å². The number of hydrogen-bond donors (Lipinski definition) is 2. The number of hydrogen-bond acceptors (Lipinski definition) is 5. The number of aromatic nitrogens is 1. The van der Waals surface area contributed by atoms with Crippen molar-refractivity contribution in [3.05, 3.63) is 108 Å². The number of carbonyl (C=O) groups is 2. The van der Waals surface area contributed by atoms with Crippen LogP contribution in [0.25, 0.3) is 0 Å². The Morgan fingerprint density at radius 1 is 0.706 bits per heavy atom. The molecule has 7 nitrogen and oxygen atoms in total. The van der Waals surface area contributed by atoms with Gasteiger partial charge in [-0.2, -0.15) is 0 Å². The Bertz CT molecular complexity index is 1240. The minimum absolute atomic E-state index is 0.244. The summed E-state index contributed by atoms with van der Waals surface area (Å²) in [4.78, 5) is 29.1. The second-order valence-corrected chi connectivity index (χ2v) is 7.26. The number of ether oxygens (including phenoxy) is 2. The Hall–Kier alpha value is -4.65. The van der Waals surface area contributed by atoms with E-state index in [-0.39, 0.29) is 11.8 Å². The van der Waals surface area contributed by atoms with Gasteiger partial charge in [0.1, 0.15) is 17.2 Å². The van der Waals surface area contributed by atoms with Crippen molar-refractivity contribution in [2.45, 2.75) is 6.92 Å². The fourth-order valence-electron chi connectivity index (χ4n) is 3.13. The summed E-state index contributed by atoms with van der Waals surface area (Å²) in [5.74, 6) is 1.46. The van der Waals surface area contributed by atoms with Gasteiger partial charge in [0, 0.05) is 28.7 Å². The maximum Gasteiger partial charge on any atom is 0.255 e. The zero-order valence-corrected chi connectivity index (χ0v) is 18.5. The summed E-state index contributed by atoms with van der Waals surface area (Å²) in [6.07, 6.45) is 3.28. The fourth-order valence-corrected chi connectivity index (χ4v) is 3.13. The van der Waals surface area contributed by atoms with E-state index in [4.69, 9.17) is 9.47 Å². The number of pyridine rings is 1. The van der Waals surface area contributed by atoms with Crippen LogP contribution in [-0.2, 0) is 0 Å². The zero-order valence-electron chi connectivity index (χ0n) is 18.5. The summed E-state index contributed by atoms with van der Waals surface area (Å²) in [5, 5.41) is 5.66. The molecule has 4 rings (SSSR count). The lowest BCUT2D eigenvalue weighted by Gasteiger charge is -2.09. The molecule has 0 saturated carbocycles. The molecule has 0 atom stereocenters. The van der Waals surface area contributed by atoms with Crippen LogP contribution in [0.3, 0.4) is 0 Å². The van der Waals surface area contributed by atoms with Gasteiger partial charge in [0.05, 0.1) is 12.8 Å². The topological polar surface area (TPSA) is 89.6 Å². The highest BCUT2D eigenvalue weighted by atomic mass is 16.5. The van der Waals surface area contributed by atoms with Gasteiger partial charge in [0.2, 0.25) is 0 Å². The standard InChI is InChI=1S/C27H23N3O4/c1-2-33-23-15-11-22(12-16-23)30-26(31)19-5-9-21(10-6-19)29-27(32)20-7-13-24(14-8-20)34-25-4-3-17-28-18-25/h3-18H,2H2,1H3,(H,29,32)(H,30,31). The monoisotopic (exact) mass is 453 g/mol. The van der Waals surface area contributed by atoms with Crippen LogP contribution >= 0.6 is 0 Å². The Kier molecular flexibility index (Phi) is 7.15. The van der Waals surface area contributed by atoms with Crippen LogP contribution in [0, 0.1) is 0 Å². The lowest BCUT2D eigenvalue weighted by molar-refractivity contribution is 0.102. The Balaban J connectivity index is 1.32. The molecule has 2 amide bonds. The summed E-state index contributed by atoms with van der Waals surface area (Å²) in [6, 6.07) is 24.2. The third-order valence-corrected chi connectivity index (χ3v) is 4.81. The summed E-state index contributed by atoms with van der Waals surface area (Å²) < 4.78 is 11.1. The van der Waals surface area contributed by atoms with Crippen LogP contribution in [0.15, 0.2) is 97.3 Å². The number of benzene rings is 3. The third-order valence-electron chi connectivity index (χ3n) is 4.81. The Morgan fingerprint density at radius 3 is 1.76 bits per heavy atom. The van der Waals surface area contributed by atoms with Gasteiger partial charge in [-0.3, -0.25) is 14.6 Å². The lowest BCUT2D eigenvalue weighted by atomic mass is 10.1. The number of rotatable bonds is 8. The van der Waals surface area contributed by atoms with Gasteiger partial charge in [-0.05, 0) is 91.9 Å². The first-order valence-electron chi connectivity index (χ1n) is 10.7. The molecule has 0 bridgehead atoms. The van der Waals surface area contributed by atoms with Crippen LogP contribution in [0.1, 0.15) is 27.6 Å². The molecule has 0 aliphatic heterocycles. The van der Waals surface area contributed by atoms with Gasteiger partial charge < -0.3 is 20.1 Å². The molecule has 0 aliphatic carbocycles. The van der Waals surface area contributed by atoms with Crippen LogP contribution in [0.5, 0.6) is 17.2 Å². The van der Waals surface area contributed by atoms with Crippen molar-refractivity contribution >= 4 is 23.2 Å². The second-order valence-electron chi connectivity index (χ2n) is 7.26. The summed E-state index contributed by atoms with van der Waals surface area (Å²) in [5.41, 5.74) is 2.21. The van der Waals surface area contributed by atoms with Gasteiger partial charge in [0.15, 0.2) is 0 Å². The van der Waals surface area contributed by atoms with E-state index in [1.165, 1.54) is 0 Å². The summed E-state index contributed by atoms with van der Waals surface area (Å²) in [7, 11) is 0. The predicted molar refractivity (Wildman–Crippen MR) is 131 cm³/mol. The molecule has 0 unspecified atom stereocenters. The molecule has 1 aromatic heterocycles. The van der Waals surface area contributed by atoms with E-state index in [1.54, 1.807) is 97.3 Å². The predicted octanol–water partition coefficient (Wildman–Crippen LogP) is 5.78. The molecule has 2 N–H and O–H groups in total. The Labute approximate surface area is 197 Å². The van der Waals surface area contributed by atoms with E-state index in [9.17, 15) is 9.59 Å². The maximum absolute atomic E-state index is 12.6. The van der Waals surface area contributed by atoms with E-state index in [0.29, 0.717) is 40.6 Å². The largest absolute Gasteiger partial charge is 0.494 e. The fraction of sp³-hybridized carbons (Fsp3) is 0.0741.